The van der Waals surface area contributed by atoms with Crippen molar-refractivity contribution in [3.05, 3.63) is 54.2 Å². The van der Waals surface area contributed by atoms with Gasteiger partial charge in [-0.15, -0.1) is 0 Å². The summed E-state index contributed by atoms with van der Waals surface area (Å²) in [7, 11) is 0. The Morgan fingerprint density at radius 1 is 1.00 bits per heavy atom. The number of aromatic nitrogens is 1. The van der Waals surface area contributed by atoms with Crippen molar-refractivity contribution in [1.29, 1.82) is 0 Å². The Labute approximate surface area is 206 Å². The highest BCUT2D eigenvalue weighted by molar-refractivity contribution is 5.73. The number of hydrogen-bond acceptors (Lipinski definition) is 7. The number of furan rings is 1. The van der Waals surface area contributed by atoms with E-state index in [9.17, 15) is 26.3 Å². The Morgan fingerprint density at radius 2 is 1.59 bits per heavy atom. The molecule has 3 heterocycles. The number of hydrogen-bond donors (Lipinski definition) is 2. The molecule has 1 saturated carbocycles. The summed E-state index contributed by atoms with van der Waals surface area (Å²) >= 11 is 0. The molecule has 2 aromatic heterocycles. The van der Waals surface area contributed by atoms with E-state index in [0.29, 0.717) is 12.6 Å². The Kier molecular flexibility index (Phi) is 10.9. The highest BCUT2D eigenvalue weighted by Crippen LogP contribution is 2.33. The summed E-state index contributed by atoms with van der Waals surface area (Å²) in [6.45, 7) is 3.30. The number of aliphatic carboxylic acids is 2. The van der Waals surface area contributed by atoms with Crippen LogP contribution in [0.4, 0.5) is 26.3 Å². The van der Waals surface area contributed by atoms with Gasteiger partial charge in [-0.25, -0.2) is 9.59 Å². The van der Waals surface area contributed by atoms with Gasteiger partial charge in [-0.05, 0) is 36.6 Å². The first kappa shape index (κ1) is 30.1. The van der Waals surface area contributed by atoms with E-state index in [1.807, 2.05) is 24.5 Å². The van der Waals surface area contributed by atoms with Gasteiger partial charge in [0.05, 0.1) is 37.9 Å². The molecule has 2 fully saturated rings. The van der Waals surface area contributed by atoms with Gasteiger partial charge in [0.1, 0.15) is 0 Å². The molecule has 2 aliphatic rings. The molecule has 1 aliphatic carbocycles. The highest BCUT2D eigenvalue weighted by Gasteiger charge is 2.43. The number of carboxylic acids is 2. The Hall–Kier alpha value is -3.17. The predicted octanol–water partition coefficient (Wildman–Crippen LogP) is 3.89. The van der Waals surface area contributed by atoms with Crippen molar-refractivity contribution in [3.8, 4) is 0 Å². The van der Waals surface area contributed by atoms with Crippen molar-refractivity contribution in [1.82, 2.24) is 9.88 Å². The van der Waals surface area contributed by atoms with E-state index in [-0.39, 0.29) is 12.2 Å². The summed E-state index contributed by atoms with van der Waals surface area (Å²) in [6, 6.07) is 6.48. The molecule has 0 spiro atoms. The minimum atomic E-state index is -5.08. The minimum absolute atomic E-state index is 0.178. The van der Waals surface area contributed by atoms with Crippen LogP contribution in [0.25, 0.3) is 0 Å². The molecule has 0 aromatic carbocycles. The van der Waals surface area contributed by atoms with Crippen LogP contribution in [-0.4, -0.2) is 75.8 Å². The highest BCUT2D eigenvalue weighted by atomic mass is 19.4. The largest absolute Gasteiger partial charge is 0.490 e. The average Bonchev–Trinajstić information content (AvgIpc) is 3.48. The first-order valence-corrected chi connectivity index (χ1v) is 10.8. The second kappa shape index (κ2) is 13.4. The molecule has 3 atom stereocenters. The van der Waals surface area contributed by atoms with Crippen LogP contribution in [-0.2, 0) is 32.2 Å². The molecular formula is C22H24F6N2O7. The van der Waals surface area contributed by atoms with Crippen molar-refractivity contribution in [3.63, 3.8) is 0 Å². The van der Waals surface area contributed by atoms with Crippen molar-refractivity contribution in [2.45, 2.75) is 56.6 Å². The van der Waals surface area contributed by atoms with Crippen LogP contribution in [0, 0.1) is 0 Å². The van der Waals surface area contributed by atoms with E-state index in [1.54, 1.807) is 18.7 Å². The molecular weight excluding hydrogens is 518 g/mol. The van der Waals surface area contributed by atoms with E-state index < -0.39 is 24.3 Å². The lowest BCUT2D eigenvalue weighted by molar-refractivity contribution is -0.193. The smallest absolute Gasteiger partial charge is 0.475 e. The molecule has 206 valence electrons. The van der Waals surface area contributed by atoms with Crippen LogP contribution in [0.5, 0.6) is 0 Å². The number of morpholine rings is 1. The van der Waals surface area contributed by atoms with Crippen molar-refractivity contribution >= 4 is 11.9 Å². The second-order valence-corrected chi connectivity index (χ2v) is 7.89. The van der Waals surface area contributed by atoms with Crippen LogP contribution in [0.1, 0.15) is 24.0 Å². The number of fused-ring (bicyclic) bond motifs is 1. The van der Waals surface area contributed by atoms with Crippen LogP contribution in [0.3, 0.4) is 0 Å². The lowest BCUT2D eigenvalue weighted by atomic mass is 10.1. The number of carbonyl (C=O) groups is 2. The SMILES string of the molecule is O=C(O)C(F)(F)F.O=C(O)C(F)(F)F.c1cc(CO[C@H]2CC[C@H]3[C@H]2OCCN3Cc2ccoc2)ccn1. The van der Waals surface area contributed by atoms with Gasteiger partial charge in [-0.3, -0.25) is 9.88 Å². The van der Waals surface area contributed by atoms with Gasteiger partial charge in [0.25, 0.3) is 0 Å². The first-order chi connectivity index (χ1) is 17.3. The van der Waals surface area contributed by atoms with E-state index in [0.717, 1.165) is 38.1 Å². The van der Waals surface area contributed by atoms with Gasteiger partial charge in [0.2, 0.25) is 0 Å². The van der Waals surface area contributed by atoms with Gasteiger partial charge in [-0.2, -0.15) is 26.3 Å². The first-order valence-electron chi connectivity index (χ1n) is 10.8. The number of alkyl halides is 6. The molecule has 2 aromatic rings. The van der Waals surface area contributed by atoms with Gasteiger partial charge >= 0.3 is 24.3 Å². The molecule has 4 rings (SSSR count). The second-order valence-electron chi connectivity index (χ2n) is 7.89. The molecule has 9 nitrogen and oxygen atoms in total. The van der Waals surface area contributed by atoms with Crippen LogP contribution < -0.4 is 0 Å². The van der Waals surface area contributed by atoms with Crippen LogP contribution in [0.2, 0.25) is 0 Å². The zero-order valence-electron chi connectivity index (χ0n) is 19.1. The number of ether oxygens (including phenoxy) is 2. The zero-order chi connectivity index (χ0) is 27.6. The summed E-state index contributed by atoms with van der Waals surface area (Å²) in [4.78, 5) is 24.3. The Balaban J connectivity index is 0.000000286. The predicted molar refractivity (Wildman–Crippen MR) is 112 cm³/mol. The zero-order valence-corrected chi connectivity index (χ0v) is 19.1. The Bertz CT molecular complexity index is 946. The van der Waals surface area contributed by atoms with Gasteiger partial charge in [0, 0.05) is 37.1 Å². The average molecular weight is 542 g/mol. The number of halogens is 6. The lowest BCUT2D eigenvalue weighted by Crippen LogP contribution is -2.51. The van der Waals surface area contributed by atoms with Crippen LogP contribution in [0.15, 0.2) is 47.5 Å². The Morgan fingerprint density at radius 3 is 2.11 bits per heavy atom. The maximum absolute atomic E-state index is 10.6. The fraction of sp³-hybridized carbons (Fsp3) is 0.500. The van der Waals surface area contributed by atoms with E-state index in [2.05, 4.69) is 9.88 Å². The van der Waals surface area contributed by atoms with Crippen molar-refractivity contribution < 1.29 is 60.0 Å². The standard InChI is InChI=1S/C18H22N2O3.2C2HF3O2/c1-2-17(23-13-14-3-6-19-7-4-14)18-16(1)20(8-10-22-18)11-15-5-9-21-12-15;2*3-2(4,5)1(6)7/h3-7,9,12,16-18H,1-2,8,10-11,13H2;2*(H,6,7)/t16-,17-,18+;;/m0../s1. The van der Waals surface area contributed by atoms with Gasteiger partial charge in [-0.1, -0.05) is 0 Å². The molecule has 37 heavy (non-hydrogen) atoms. The summed E-state index contributed by atoms with van der Waals surface area (Å²) in [6.07, 6.45) is -0.441. The molecule has 0 unspecified atom stereocenters. The number of nitrogens with zero attached hydrogens (tertiary/aromatic N) is 2. The molecule has 1 aliphatic heterocycles. The molecule has 1 saturated heterocycles. The molecule has 0 radical (unpaired) electrons. The summed E-state index contributed by atoms with van der Waals surface area (Å²) in [5, 5.41) is 14.2. The van der Waals surface area contributed by atoms with Gasteiger partial charge in [0.15, 0.2) is 0 Å². The van der Waals surface area contributed by atoms with Crippen molar-refractivity contribution in [2.75, 3.05) is 13.2 Å². The quantitative estimate of drug-likeness (QED) is 0.542. The summed E-state index contributed by atoms with van der Waals surface area (Å²) in [5.74, 6) is -5.51. The third-order valence-corrected chi connectivity index (χ3v) is 5.31. The topological polar surface area (TPSA) is 122 Å². The molecule has 2 N–H and O–H groups in total. The van der Waals surface area contributed by atoms with Crippen molar-refractivity contribution in [2.24, 2.45) is 0 Å². The normalized spacial score (nSPS) is 21.6. The number of carboxylic acid groups (broad SMARTS) is 2. The fourth-order valence-corrected chi connectivity index (χ4v) is 3.67. The molecule has 15 heteroatoms. The number of pyridine rings is 1. The lowest BCUT2D eigenvalue weighted by Gasteiger charge is -2.38. The minimum Gasteiger partial charge on any atom is -0.475 e. The maximum atomic E-state index is 10.6. The van der Waals surface area contributed by atoms with E-state index in [1.165, 1.54) is 5.56 Å². The monoisotopic (exact) mass is 542 g/mol. The molecule has 0 bridgehead atoms. The van der Waals surface area contributed by atoms with Gasteiger partial charge < -0.3 is 24.1 Å². The number of rotatable bonds is 5. The summed E-state index contributed by atoms with van der Waals surface area (Å²) < 4.78 is 80.9. The third-order valence-electron chi connectivity index (χ3n) is 5.31. The maximum Gasteiger partial charge on any atom is 0.490 e. The van der Waals surface area contributed by atoms with E-state index in [4.69, 9.17) is 33.7 Å². The fourth-order valence-electron chi connectivity index (χ4n) is 3.67. The third kappa shape index (κ3) is 10.0. The van der Waals surface area contributed by atoms with Crippen LogP contribution >= 0.6 is 0 Å². The summed E-state index contributed by atoms with van der Waals surface area (Å²) in [5.41, 5.74) is 2.39. The van der Waals surface area contributed by atoms with E-state index >= 15 is 0 Å². The molecule has 0 amide bonds.